The van der Waals surface area contributed by atoms with Gasteiger partial charge in [-0.1, -0.05) is 112 Å². The number of hydrogen-bond donors (Lipinski definition) is 1. The van der Waals surface area contributed by atoms with Gasteiger partial charge in [-0.3, -0.25) is 0 Å². The van der Waals surface area contributed by atoms with Crippen molar-refractivity contribution in [1.29, 1.82) is 5.26 Å². The van der Waals surface area contributed by atoms with E-state index >= 15 is 0 Å². The van der Waals surface area contributed by atoms with E-state index in [4.69, 9.17) is 9.16 Å². The first-order valence-electron chi connectivity index (χ1n) is 13.0. The van der Waals surface area contributed by atoms with Gasteiger partial charge in [0.15, 0.2) is 0 Å². The van der Waals surface area contributed by atoms with Crippen molar-refractivity contribution < 1.29 is 14.3 Å². The molecule has 4 rings (SSSR count). The summed E-state index contributed by atoms with van der Waals surface area (Å²) in [4.78, 5) is 0. The second kappa shape index (κ2) is 11.9. The number of ether oxygens (including phenoxy) is 1. The van der Waals surface area contributed by atoms with E-state index in [0.29, 0.717) is 25.2 Å². The van der Waals surface area contributed by atoms with E-state index in [0.717, 1.165) is 18.2 Å². The molecule has 0 heterocycles. The van der Waals surface area contributed by atoms with E-state index < -0.39 is 8.32 Å². The maximum absolute atomic E-state index is 9.75. The average molecular weight is 512 g/mol. The van der Waals surface area contributed by atoms with E-state index in [-0.39, 0.29) is 23.0 Å². The first-order valence-corrected chi connectivity index (χ1v) is 14.9. The molecule has 192 valence electrons. The number of aliphatic hydroxyl groups is 1. The van der Waals surface area contributed by atoms with Crippen LogP contribution in [0.4, 0.5) is 0 Å². The fourth-order valence-electron chi connectivity index (χ4n) is 5.71. The summed E-state index contributed by atoms with van der Waals surface area (Å²) in [6, 6.07) is 33.6. The molecule has 0 radical (unpaired) electrons. The Morgan fingerprint density at radius 1 is 0.919 bits per heavy atom. The predicted octanol–water partition coefficient (Wildman–Crippen LogP) is 6.14. The first-order chi connectivity index (χ1) is 17.9. The van der Waals surface area contributed by atoms with Crippen molar-refractivity contribution in [3.63, 3.8) is 0 Å². The van der Waals surface area contributed by atoms with Crippen molar-refractivity contribution in [2.24, 2.45) is 11.8 Å². The van der Waals surface area contributed by atoms with Gasteiger partial charge in [-0.15, -0.1) is 0 Å². The van der Waals surface area contributed by atoms with Crippen LogP contribution in [0, 0.1) is 23.2 Å². The second-order valence-electron chi connectivity index (χ2n) is 10.9. The Bertz CT molecular complexity index is 1160. The molecule has 1 aliphatic carbocycles. The first kappa shape index (κ1) is 26.9. The van der Waals surface area contributed by atoms with Gasteiger partial charge < -0.3 is 14.3 Å². The van der Waals surface area contributed by atoms with E-state index in [1.807, 2.05) is 30.3 Å². The molecule has 1 unspecified atom stereocenters. The minimum Gasteiger partial charge on any atom is -0.515 e. The summed E-state index contributed by atoms with van der Waals surface area (Å²) in [5.41, 5.74) is 1.55. The normalized spacial score (nSPS) is 20.5. The van der Waals surface area contributed by atoms with Crippen molar-refractivity contribution in [2.45, 2.75) is 51.4 Å². The molecule has 3 atom stereocenters. The molecule has 0 aromatic heterocycles. The summed E-state index contributed by atoms with van der Waals surface area (Å²) in [7, 11) is -2.76. The molecule has 37 heavy (non-hydrogen) atoms. The molecular weight excluding hydrogens is 474 g/mol. The number of nitrogens with zero attached hydrogens (tertiary/aromatic N) is 1. The summed E-state index contributed by atoms with van der Waals surface area (Å²) < 4.78 is 13.7. The van der Waals surface area contributed by atoms with E-state index in [1.165, 1.54) is 10.4 Å². The Morgan fingerprint density at radius 3 is 1.95 bits per heavy atom. The third-order valence-electron chi connectivity index (χ3n) is 7.53. The van der Waals surface area contributed by atoms with Crippen LogP contribution < -0.4 is 10.4 Å². The van der Waals surface area contributed by atoms with Crippen LogP contribution in [-0.4, -0.2) is 26.1 Å². The number of allylic oxidation sites excluding steroid dienone is 1. The Balaban J connectivity index is 1.70. The lowest BCUT2D eigenvalue weighted by atomic mass is 9.98. The summed E-state index contributed by atoms with van der Waals surface area (Å²) in [5, 5.41) is 21.7. The van der Waals surface area contributed by atoms with Crippen LogP contribution in [0.15, 0.2) is 103 Å². The quantitative estimate of drug-likeness (QED) is 0.213. The highest BCUT2D eigenvalue weighted by atomic mass is 28.4. The number of rotatable bonds is 9. The minimum absolute atomic E-state index is 0.0523. The second-order valence-corrected chi connectivity index (χ2v) is 15.2. The maximum atomic E-state index is 9.75. The molecule has 1 saturated carbocycles. The van der Waals surface area contributed by atoms with Gasteiger partial charge in [0.2, 0.25) is 0 Å². The van der Waals surface area contributed by atoms with Gasteiger partial charge in [-0.05, 0) is 39.7 Å². The topological polar surface area (TPSA) is 62.5 Å². The van der Waals surface area contributed by atoms with Gasteiger partial charge in [0, 0.05) is 5.92 Å². The molecule has 0 saturated heterocycles. The molecule has 3 aromatic rings. The summed E-state index contributed by atoms with van der Waals surface area (Å²) in [6.45, 7) is 7.91. The lowest BCUT2D eigenvalue weighted by Gasteiger charge is -2.45. The summed E-state index contributed by atoms with van der Waals surface area (Å²) in [5.74, 6) is 0.0576. The highest BCUT2D eigenvalue weighted by Crippen LogP contribution is 2.44. The van der Waals surface area contributed by atoms with Crippen molar-refractivity contribution in [1.82, 2.24) is 0 Å². The zero-order valence-electron chi connectivity index (χ0n) is 22.0. The summed E-state index contributed by atoms with van der Waals surface area (Å²) in [6.07, 6.45) is 2.30. The van der Waals surface area contributed by atoms with Gasteiger partial charge >= 0.3 is 0 Å². The highest BCUT2D eigenvalue weighted by molar-refractivity contribution is 6.99. The van der Waals surface area contributed by atoms with E-state index in [2.05, 4.69) is 87.5 Å². The van der Waals surface area contributed by atoms with Crippen LogP contribution in [0.2, 0.25) is 5.04 Å². The Labute approximate surface area is 222 Å². The molecule has 0 spiro atoms. The molecule has 4 nitrogen and oxygen atoms in total. The van der Waals surface area contributed by atoms with Gasteiger partial charge in [0.05, 0.1) is 37.2 Å². The predicted molar refractivity (Wildman–Crippen MR) is 151 cm³/mol. The van der Waals surface area contributed by atoms with Crippen LogP contribution in [0.5, 0.6) is 0 Å². The van der Waals surface area contributed by atoms with Crippen molar-refractivity contribution >= 4 is 18.7 Å². The molecule has 3 aromatic carbocycles. The van der Waals surface area contributed by atoms with Crippen molar-refractivity contribution in [3.05, 3.63) is 108 Å². The van der Waals surface area contributed by atoms with Crippen LogP contribution in [0.3, 0.4) is 0 Å². The standard InChI is InChI=1S/C32H37NO3Si/c1-32(2,3)37(29-15-9-5-10-16-29,30-17-11-6-12-18-30)36-31-20-26(28(21-33)22-34)19-27(31)24-35-23-25-13-7-4-8-14-25/h4-18,22,26-27,31,34H,19-20,23-24H2,1-3H3/b28-22+/t26?,27-,31+/m0/s1. The lowest BCUT2D eigenvalue weighted by molar-refractivity contribution is 0.0427. The number of hydrogen-bond acceptors (Lipinski definition) is 4. The smallest absolute Gasteiger partial charge is 0.261 e. The molecule has 0 bridgehead atoms. The van der Waals surface area contributed by atoms with Gasteiger partial charge in [-0.25, -0.2) is 0 Å². The molecule has 0 amide bonds. The van der Waals surface area contributed by atoms with Crippen molar-refractivity contribution in [3.8, 4) is 6.07 Å². The number of benzene rings is 3. The summed E-state index contributed by atoms with van der Waals surface area (Å²) >= 11 is 0. The fraction of sp³-hybridized carbons (Fsp3) is 0.344. The largest absolute Gasteiger partial charge is 0.515 e. The van der Waals surface area contributed by atoms with Gasteiger partial charge in [0.1, 0.15) is 0 Å². The van der Waals surface area contributed by atoms with Crippen LogP contribution >= 0.6 is 0 Å². The highest BCUT2D eigenvalue weighted by Gasteiger charge is 2.53. The molecule has 0 aliphatic heterocycles. The van der Waals surface area contributed by atoms with Gasteiger partial charge in [0.25, 0.3) is 8.32 Å². The average Bonchev–Trinajstić information content (AvgIpc) is 3.31. The monoisotopic (exact) mass is 511 g/mol. The lowest BCUT2D eigenvalue weighted by Crippen LogP contribution is -2.68. The minimum atomic E-state index is -2.76. The molecule has 1 fully saturated rings. The molecule has 5 heteroatoms. The molecule has 1 N–H and O–H groups in total. The van der Waals surface area contributed by atoms with Crippen LogP contribution in [0.25, 0.3) is 0 Å². The Kier molecular flexibility index (Phi) is 8.66. The Morgan fingerprint density at radius 2 is 1.46 bits per heavy atom. The molecular formula is C32H37NO3Si. The number of aliphatic hydroxyl groups excluding tert-OH is 1. The Hall–Kier alpha value is -3.17. The third kappa shape index (κ3) is 5.88. The zero-order chi connectivity index (χ0) is 26.3. The SMILES string of the molecule is CC(C)(C)[Si](O[C@@H]1CC(/C(C#N)=C/O)C[C@H]1COCc1ccccc1)(c1ccccc1)c1ccccc1. The van der Waals surface area contributed by atoms with Gasteiger partial charge in [-0.2, -0.15) is 5.26 Å². The fourth-order valence-corrected chi connectivity index (χ4v) is 10.5. The molecule has 1 aliphatic rings. The van der Waals surface area contributed by atoms with E-state index in [1.54, 1.807) is 0 Å². The third-order valence-corrected chi connectivity index (χ3v) is 12.6. The number of nitriles is 1. The zero-order valence-corrected chi connectivity index (χ0v) is 23.0. The van der Waals surface area contributed by atoms with Crippen molar-refractivity contribution in [2.75, 3.05) is 6.61 Å². The van der Waals surface area contributed by atoms with Crippen LogP contribution in [0.1, 0.15) is 39.2 Å². The van der Waals surface area contributed by atoms with E-state index in [9.17, 15) is 10.4 Å². The maximum Gasteiger partial charge on any atom is 0.261 e. The van der Waals surface area contributed by atoms with Crippen LogP contribution in [-0.2, 0) is 15.8 Å².